The van der Waals surface area contributed by atoms with Gasteiger partial charge in [-0.05, 0) is 69.4 Å². The molecule has 4 rings (SSSR count). The third-order valence-corrected chi connectivity index (χ3v) is 7.11. The van der Waals surface area contributed by atoms with Crippen molar-refractivity contribution in [2.45, 2.75) is 39.5 Å². The molecule has 0 unspecified atom stereocenters. The molecule has 1 amide bonds. The lowest BCUT2D eigenvalue weighted by atomic mass is 9.95. The van der Waals surface area contributed by atoms with Gasteiger partial charge in [-0.15, -0.1) is 11.3 Å². The fraction of sp³-hybridized carbons (Fsp3) is 0.292. The summed E-state index contributed by atoms with van der Waals surface area (Å²) in [7, 11) is 0. The van der Waals surface area contributed by atoms with Crippen LogP contribution in [-0.2, 0) is 17.6 Å². The lowest BCUT2D eigenvalue weighted by Gasteiger charge is -2.11. The first-order valence-corrected chi connectivity index (χ1v) is 11.8. The maximum atomic E-state index is 12.1. The van der Waals surface area contributed by atoms with Gasteiger partial charge in [0.25, 0.3) is 5.91 Å². The van der Waals surface area contributed by atoms with Crippen LogP contribution in [0.4, 0.5) is 0 Å². The van der Waals surface area contributed by atoms with Crippen molar-refractivity contribution in [3.8, 4) is 10.8 Å². The molecule has 2 heterocycles. The number of fused-ring (bicyclic) bond motifs is 1. The number of ether oxygens (including phenoxy) is 1. The summed E-state index contributed by atoms with van der Waals surface area (Å²) in [6.07, 6.45) is 5.41. The molecule has 0 saturated heterocycles. The number of carbonyl (C=O) groups excluding carboxylic acids is 1. The summed E-state index contributed by atoms with van der Waals surface area (Å²) in [4.78, 5) is 25.3. The topological polar surface area (TPSA) is 92.9 Å². The van der Waals surface area contributed by atoms with Crippen molar-refractivity contribution in [2.24, 2.45) is 5.10 Å². The first-order valence-electron chi connectivity index (χ1n) is 10.6. The van der Waals surface area contributed by atoms with Gasteiger partial charge in [-0.2, -0.15) is 5.10 Å². The second-order valence-corrected chi connectivity index (χ2v) is 9.42. The van der Waals surface area contributed by atoms with Gasteiger partial charge in [0.1, 0.15) is 10.8 Å². The van der Waals surface area contributed by atoms with E-state index in [1.54, 1.807) is 41.8 Å². The third-order valence-electron chi connectivity index (χ3n) is 5.60. The summed E-state index contributed by atoms with van der Waals surface area (Å²) in [5.74, 6) is -0.795. The van der Waals surface area contributed by atoms with Crippen LogP contribution in [0.25, 0.3) is 5.00 Å². The van der Waals surface area contributed by atoms with Crippen molar-refractivity contribution < 1.29 is 19.4 Å². The van der Waals surface area contributed by atoms with Crippen LogP contribution in [0.1, 0.15) is 50.6 Å². The molecule has 0 atom stereocenters. The highest BCUT2D eigenvalue weighted by Gasteiger charge is 2.27. The number of hydrazone groups is 1. The summed E-state index contributed by atoms with van der Waals surface area (Å²) in [5, 5.41) is 15.2. The summed E-state index contributed by atoms with van der Waals surface area (Å²) in [6, 6.07) is 8.73. The van der Waals surface area contributed by atoms with E-state index in [9.17, 15) is 14.7 Å². The van der Waals surface area contributed by atoms with Crippen LogP contribution < -0.4 is 10.2 Å². The quantitative estimate of drug-likeness (QED) is 0.367. The van der Waals surface area contributed by atoms with E-state index in [0.717, 1.165) is 53.2 Å². The first kappa shape index (κ1) is 23.1. The monoisotopic (exact) mass is 485 g/mol. The molecule has 0 fully saturated rings. The molecular weight excluding hydrogens is 462 g/mol. The fourth-order valence-corrected chi connectivity index (χ4v) is 5.74. The van der Waals surface area contributed by atoms with E-state index >= 15 is 0 Å². The number of amides is 1. The zero-order valence-corrected chi connectivity index (χ0v) is 19.9. The van der Waals surface area contributed by atoms with E-state index in [1.807, 2.05) is 24.5 Å². The van der Waals surface area contributed by atoms with Crippen LogP contribution in [0.2, 0.25) is 5.02 Å². The highest BCUT2D eigenvalue weighted by Crippen LogP contribution is 2.38. The van der Waals surface area contributed by atoms with Crippen molar-refractivity contribution >= 4 is 41.0 Å². The van der Waals surface area contributed by atoms with Gasteiger partial charge < -0.3 is 14.4 Å². The second kappa shape index (κ2) is 9.80. The normalized spacial score (nSPS) is 13.2. The predicted octanol–water partition coefficient (Wildman–Crippen LogP) is 4.92. The minimum absolute atomic E-state index is 0.195. The van der Waals surface area contributed by atoms with E-state index in [1.165, 1.54) is 4.88 Å². The van der Waals surface area contributed by atoms with Crippen LogP contribution in [0.5, 0.6) is 5.75 Å². The van der Waals surface area contributed by atoms with Gasteiger partial charge in [0, 0.05) is 26.9 Å². The Labute approximate surface area is 200 Å². The van der Waals surface area contributed by atoms with E-state index in [2.05, 4.69) is 10.5 Å². The maximum Gasteiger partial charge on any atom is 0.339 e. The Morgan fingerprint density at radius 1 is 1.27 bits per heavy atom. The van der Waals surface area contributed by atoms with Crippen LogP contribution in [0, 0.1) is 13.8 Å². The molecule has 0 saturated carbocycles. The SMILES string of the molecule is Cc1cc(C=NNC(=O)COc2cccc(Cl)c2)c(C)n1-c1sc2c(c1C(=O)O)CCCC2. The second-order valence-electron chi connectivity index (χ2n) is 7.90. The number of nitrogens with zero attached hydrogens (tertiary/aromatic N) is 2. The molecule has 7 nitrogen and oxygen atoms in total. The van der Waals surface area contributed by atoms with Crippen molar-refractivity contribution in [1.82, 2.24) is 9.99 Å². The molecule has 2 N–H and O–H groups in total. The number of benzene rings is 1. The predicted molar refractivity (Wildman–Crippen MR) is 129 cm³/mol. The molecule has 1 aromatic carbocycles. The van der Waals surface area contributed by atoms with Crippen molar-refractivity contribution in [3.05, 3.63) is 68.3 Å². The van der Waals surface area contributed by atoms with E-state index in [-0.39, 0.29) is 6.61 Å². The number of aryl methyl sites for hydroxylation is 2. The maximum absolute atomic E-state index is 12.1. The smallest absolute Gasteiger partial charge is 0.339 e. The van der Waals surface area contributed by atoms with Gasteiger partial charge >= 0.3 is 5.97 Å². The minimum Gasteiger partial charge on any atom is -0.484 e. The van der Waals surface area contributed by atoms with Gasteiger partial charge in [0.2, 0.25) is 0 Å². The van der Waals surface area contributed by atoms with Gasteiger partial charge in [-0.3, -0.25) is 4.79 Å². The van der Waals surface area contributed by atoms with Crippen LogP contribution >= 0.6 is 22.9 Å². The minimum atomic E-state index is -0.890. The number of carbonyl (C=O) groups is 2. The van der Waals surface area contributed by atoms with E-state index in [0.29, 0.717) is 16.3 Å². The molecule has 172 valence electrons. The third kappa shape index (κ3) is 4.96. The Morgan fingerprint density at radius 3 is 2.82 bits per heavy atom. The lowest BCUT2D eigenvalue weighted by molar-refractivity contribution is -0.123. The number of aromatic carboxylic acids is 1. The van der Waals surface area contributed by atoms with Crippen LogP contribution in [-0.4, -0.2) is 34.4 Å². The number of hydrogen-bond acceptors (Lipinski definition) is 5. The van der Waals surface area contributed by atoms with Crippen molar-refractivity contribution in [2.75, 3.05) is 6.61 Å². The number of rotatable bonds is 7. The Kier molecular flexibility index (Phi) is 6.85. The average molecular weight is 486 g/mol. The van der Waals surface area contributed by atoms with Gasteiger partial charge in [0.05, 0.1) is 11.8 Å². The molecule has 33 heavy (non-hydrogen) atoms. The standard InChI is InChI=1S/C24H24ClN3O4S/c1-14-10-16(12-26-27-21(29)13-32-18-7-5-6-17(25)11-18)15(2)28(14)23-22(24(30)31)19-8-3-4-9-20(19)33-23/h5-7,10-12H,3-4,8-9,13H2,1-2H3,(H,27,29)(H,30,31). The van der Waals surface area contributed by atoms with E-state index in [4.69, 9.17) is 16.3 Å². The summed E-state index contributed by atoms with van der Waals surface area (Å²) < 4.78 is 7.37. The molecular formula is C24H24ClN3O4S. The van der Waals surface area contributed by atoms with Crippen LogP contribution in [0.3, 0.4) is 0 Å². The Balaban J connectivity index is 1.49. The number of thiophene rings is 1. The first-order chi connectivity index (χ1) is 15.8. The Morgan fingerprint density at radius 2 is 2.06 bits per heavy atom. The zero-order chi connectivity index (χ0) is 23.5. The highest BCUT2D eigenvalue weighted by atomic mass is 35.5. The van der Waals surface area contributed by atoms with Gasteiger partial charge in [0.15, 0.2) is 6.61 Å². The molecule has 1 aliphatic rings. The van der Waals surface area contributed by atoms with E-state index < -0.39 is 11.9 Å². The number of aromatic nitrogens is 1. The number of hydrogen-bond donors (Lipinski definition) is 2. The molecule has 0 radical (unpaired) electrons. The molecule has 2 aromatic heterocycles. The van der Waals surface area contributed by atoms with Crippen molar-refractivity contribution in [1.29, 1.82) is 0 Å². The molecule has 3 aromatic rings. The Bertz CT molecular complexity index is 1240. The largest absolute Gasteiger partial charge is 0.484 e. The fourth-order valence-electron chi connectivity index (χ4n) is 4.07. The molecule has 0 spiro atoms. The summed E-state index contributed by atoms with van der Waals surface area (Å²) in [5.41, 5.74) is 6.41. The number of carboxylic acid groups (broad SMARTS) is 1. The lowest BCUT2D eigenvalue weighted by Crippen LogP contribution is -2.24. The molecule has 0 aliphatic heterocycles. The number of nitrogens with one attached hydrogen (secondary N) is 1. The summed E-state index contributed by atoms with van der Waals surface area (Å²) in [6.45, 7) is 3.66. The average Bonchev–Trinajstić information content (AvgIpc) is 3.29. The molecule has 1 aliphatic carbocycles. The number of carboxylic acids is 1. The molecule has 9 heteroatoms. The molecule has 0 bridgehead atoms. The van der Waals surface area contributed by atoms with Gasteiger partial charge in [-0.1, -0.05) is 17.7 Å². The summed E-state index contributed by atoms with van der Waals surface area (Å²) >= 11 is 7.47. The van der Waals surface area contributed by atoms with Gasteiger partial charge in [-0.25, -0.2) is 10.2 Å². The van der Waals surface area contributed by atoms with Crippen LogP contribution in [0.15, 0.2) is 35.4 Å². The van der Waals surface area contributed by atoms with Crippen molar-refractivity contribution in [3.63, 3.8) is 0 Å². The highest BCUT2D eigenvalue weighted by molar-refractivity contribution is 7.15. The Hall–Kier alpha value is -3.10. The zero-order valence-electron chi connectivity index (χ0n) is 18.4. The number of halogens is 1.